The van der Waals surface area contributed by atoms with Gasteiger partial charge in [0.2, 0.25) is 0 Å². The van der Waals surface area contributed by atoms with Crippen LogP contribution in [0.2, 0.25) is 0 Å². The minimum atomic E-state index is 0. The van der Waals surface area contributed by atoms with E-state index in [0.29, 0.717) is 6.04 Å². The molecular weight excluding hydrogens is 324 g/mol. The number of piperidine rings is 1. The molecule has 0 saturated carbocycles. The Hall–Kier alpha value is -1.30. The van der Waals surface area contributed by atoms with Gasteiger partial charge in [0.1, 0.15) is 11.5 Å². The van der Waals surface area contributed by atoms with Crippen LogP contribution < -0.4 is 5.32 Å². The van der Waals surface area contributed by atoms with Gasteiger partial charge in [-0.3, -0.25) is 5.10 Å². The van der Waals surface area contributed by atoms with Crippen molar-refractivity contribution in [2.24, 2.45) is 5.92 Å². The van der Waals surface area contributed by atoms with Gasteiger partial charge in [-0.2, -0.15) is 5.10 Å². The van der Waals surface area contributed by atoms with Gasteiger partial charge < -0.3 is 14.6 Å². The van der Waals surface area contributed by atoms with Gasteiger partial charge in [-0.05, 0) is 50.9 Å². The van der Waals surface area contributed by atoms with Crippen LogP contribution in [0.5, 0.6) is 0 Å². The van der Waals surface area contributed by atoms with E-state index in [2.05, 4.69) is 34.3 Å². The fourth-order valence-corrected chi connectivity index (χ4v) is 3.32. The molecule has 2 N–H and O–H groups in total. The second kappa shape index (κ2) is 8.70. The van der Waals surface area contributed by atoms with Gasteiger partial charge in [0.25, 0.3) is 0 Å². The molecule has 1 aliphatic rings. The maximum atomic E-state index is 5.71. The van der Waals surface area contributed by atoms with Crippen LogP contribution in [0, 0.1) is 12.8 Å². The molecule has 0 bridgehead atoms. The van der Waals surface area contributed by atoms with Crippen molar-refractivity contribution in [3.05, 3.63) is 29.7 Å². The zero-order valence-electron chi connectivity index (χ0n) is 14.8. The molecule has 0 aliphatic carbocycles. The Labute approximate surface area is 150 Å². The second-order valence-electron chi connectivity index (χ2n) is 7.03. The number of H-pyrrole nitrogens is 1. The highest BCUT2D eigenvalue weighted by atomic mass is 35.5. The van der Waals surface area contributed by atoms with E-state index in [-0.39, 0.29) is 12.4 Å². The van der Waals surface area contributed by atoms with E-state index in [4.69, 9.17) is 4.42 Å². The molecule has 3 rings (SSSR count). The van der Waals surface area contributed by atoms with Crippen LogP contribution in [-0.2, 0) is 6.54 Å². The van der Waals surface area contributed by atoms with Crippen molar-refractivity contribution < 1.29 is 4.42 Å². The minimum Gasteiger partial charge on any atom is -0.460 e. The fraction of sp³-hybridized carbons (Fsp3) is 0.611. The highest BCUT2D eigenvalue weighted by Gasteiger charge is 2.20. The Balaban J connectivity index is 0.00000208. The fourth-order valence-electron chi connectivity index (χ4n) is 3.32. The first-order chi connectivity index (χ1) is 11.1. The molecule has 1 fully saturated rings. The quantitative estimate of drug-likeness (QED) is 0.833. The smallest absolute Gasteiger partial charge is 0.152 e. The topological polar surface area (TPSA) is 57.1 Å². The molecule has 0 aromatic carbocycles. The van der Waals surface area contributed by atoms with E-state index in [1.165, 1.54) is 38.0 Å². The molecule has 24 heavy (non-hydrogen) atoms. The number of aromatic nitrogens is 2. The summed E-state index contributed by atoms with van der Waals surface area (Å²) in [4.78, 5) is 2.58. The van der Waals surface area contributed by atoms with Crippen LogP contribution in [0.15, 0.2) is 22.7 Å². The Morgan fingerprint density at radius 1 is 1.33 bits per heavy atom. The molecule has 5 nitrogen and oxygen atoms in total. The van der Waals surface area contributed by atoms with E-state index in [1.807, 2.05) is 25.3 Å². The predicted octanol–water partition coefficient (Wildman–Crippen LogP) is 3.61. The summed E-state index contributed by atoms with van der Waals surface area (Å²) in [6, 6.07) is 4.58. The van der Waals surface area contributed by atoms with E-state index < -0.39 is 0 Å². The average Bonchev–Trinajstić information content (AvgIpc) is 3.14. The lowest BCUT2D eigenvalue weighted by molar-refractivity contribution is 0.179. The molecule has 134 valence electrons. The summed E-state index contributed by atoms with van der Waals surface area (Å²) in [5, 5.41) is 10.9. The van der Waals surface area contributed by atoms with Crippen LogP contribution in [0.25, 0.3) is 11.5 Å². The lowest BCUT2D eigenvalue weighted by Gasteiger charge is -2.33. The summed E-state index contributed by atoms with van der Waals surface area (Å²) in [6.45, 7) is 11.0. The highest BCUT2D eigenvalue weighted by molar-refractivity contribution is 5.85. The maximum Gasteiger partial charge on any atom is 0.152 e. The number of furan rings is 1. The van der Waals surface area contributed by atoms with Crippen molar-refractivity contribution in [2.45, 2.75) is 46.2 Å². The van der Waals surface area contributed by atoms with Gasteiger partial charge >= 0.3 is 0 Å². The van der Waals surface area contributed by atoms with Gasteiger partial charge in [0.15, 0.2) is 5.76 Å². The summed E-state index contributed by atoms with van der Waals surface area (Å²) < 4.78 is 5.71. The van der Waals surface area contributed by atoms with Crippen LogP contribution in [0.1, 0.15) is 38.0 Å². The van der Waals surface area contributed by atoms with Crippen LogP contribution in [0.4, 0.5) is 0 Å². The van der Waals surface area contributed by atoms with Crippen LogP contribution >= 0.6 is 12.4 Å². The van der Waals surface area contributed by atoms with Crippen molar-refractivity contribution in [1.29, 1.82) is 0 Å². The lowest BCUT2D eigenvalue weighted by atomic mass is 10.0. The lowest BCUT2D eigenvalue weighted by Crippen LogP contribution is -2.43. The summed E-state index contributed by atoms with van der Waals surface area (Å²) in [5.41, 5.74) is 2.16. The summed E-state index contributed by atoms with van der Waals surface area (Å²) in [6.07, 6.45) is 4.34. The monoisotopic (exact) mass is 352 g/mol. The number of hydrogen-bond acceptors (Lipinski definition) is 4. The first kappa shape index (κ1) is 19.0. The Bertz CT molecular complexity index is 614. The Morgan fingerprint density at radius 2 is 2.08 bits per heavy atom. The van der Waals surface area contributed by atoms with Crippen molar-refractivity contribution in [3.8, 4) is 11.5 Å². The van der Waals surface area contributed by atoms with E-state index in [0.717, 1.165) is 29.7 Å². The third kappa shape index (κ3) is 4.85. The Kier molecular flexibility index (Phi) is 6.90. The van der Waals surface area contributed by atoms with E-state index in [9.17, 15) is 0 Å². The van der Waals surface area contributed by atoms with Gasteiger partial charge in [0, 0.05) is 24.7 Å². The number of halogens is 1. The number of nitrogens with zero attached hydrogens (tertiary/aromatic N) is 2. The number of likely N-dealkylation sites (tertiary alicyclic amines) is 1. The molecule has 1 saturated heterocycles. The molecular formula is C18H29ClN4O. The first-order valence-corrected chi connectivity index (χ1v) is 8.66. The molecule has 1 aliphatic heterocycles. The standard InChI is InChI=1S/C18H28N4O.ClH/c1-13(2)12-22-8-6-16(7-9-22)19-10-15-11-20-21-18(15)17-5-4-14(3)23-17;/h4-5,11,13,16,19H,6-10,12H2,1-3H3,(H,20,21);1H. The molecule has 0 atom stereocenters. The molecule has 0 unspecified atom stereocenters. The zero-order chi connectivity index (χ0) is 16.2. The number of aromatic amines is 1. The number of hydrogen-bond donors (Lipinski definition) is 2. The Morgan fingerprint density at radius 3 is 2.71 bits per heavy atom. The van der Waals surface area contributed by atoms with E-state index >= 15 is 0 Å². The molecule has 3 heterocycles. The molecule has 2 aromatic heterocycles. The highest BCUT2D eigenvalue weighted by Crippen LogP contribution is 2.23. The first-order valence-electron chi connectivity index (χ1n) is 8.66. The predicted molar refractivity (Wildman–Crippen MR) is 99.4 cm³/mol. The largest absolute Gasteiger partial charge is 0.460 e. The van der Waals surface area contributed by atoms with Crippen molar-refractivity contribution in [1.82, 2.24) is 20.4 Å². The minimum absolute atomic E-state index is 0. The normalized spacial score (nSPS) is 16.5. The third-order valence-corrected chi connectivity index (χ3v) is 4.50. The molecule has 0 amide bonds. The number of rotatable bonds is 6. The van der Waals surface area contributed by atoms with Gasteiger partial charge in [0.05, 0.1) is 6.20 Å². The summed E-state index contributed by atoms with van der Waals surface area (Å²) >= 11 is 0. The van der Waals surface area contributed by atoms with Crippen LogP contribution in [-0.4, -0.2) is 40.8 Å². The molecule has 0 spiro atoms. The van der Waals surface area contributed by atoms with Gasteiger partial charge in [-0.25, -0.2) is 0 Å². The second-order valence-corrected chi connectivity index (χ2v) is 7.03. The maximum absolute atomic E-state index is 5.71. The van der Waals surface area contributed by atoms with Crippen molar-refractivity contribution in [3.63, 3.8) is 0 Å². The third-order valence-electron chi connectivity index (χ3n) is 4.50. The van der Waals surface area contributed by atoms with Crippen molar-refractivity contribution in [2.75, 3.05) is 19.6 Å². The summed E-state index contributed by atoms with van der Waals surface area (Å²) in [5.74, 6) is 2.54. The van der Waals surface area contributed by atoms with Gasteiger partial charge in [-0.15, -0.1) is 12.4 Å². The van der Waals surface area contributed by atoms with Crippen molar-refractivity contribution >= 4 is 12.4 Å². The number of nitrogens with one attached hydrogen (secondary N) is 2. The van der Waals surface area contributed by atoms with Crippen LogP contribution in [0.3, 0.4) is 0 Å². The SMILES string of the molecule is Cc1ccc(-c2[nH]ncc2CNC2CCN(CC(C)C)CC2)o1.Cl. The molecule has 6 heteroatoms. The zero-order valence-corrected chi connectivity index (χ0v) is 15.7. The molecule has 0 radical (unpaired) electrons. The number of aryl methyl sites for hydroxylation is 1. The molecule has 2 aromatic rings. The average molecular weight is 353 g/mol. The van der Waals surface area contributed by atoms with Gasteiger partial charge in [-0.1, -0.05) is 13.8 Å². The summed E-state index contributed by atoms with van der Waals surface area (Å²) in [7, 11) is 0. The van der Waals surface area contributed by atoms with E-state index in [1.54, 1.807) is 0 Å².